The largest absolute Gasteiger partial charge is 0.422 e. The van der Waals surface area contributed by atoms with Gasteiger partial charge >= 0.3 is 11.8 Å². The van der Waals surface area contributed by atoms with Crippen molar-refractivity contribution in [2.45, 2.75) is 6.18 Å². The second-order valence-corrected chi connectivity index (χ2v) is 6.08. The first-order valence-electron chi connectivity index (χ1n) is 8.24. The van der Waals surface area contributed by atoms with E-state index < -0.39 is 17.4 Å². The summed E-state index contributed by atoms with van der Waals surface area (Å²) in [5.41, 5.74) is 0.341. The molecule has 0 aliphatic heterocycles. The quantitative estimate of drug-likeness (QED) is 0.426. The molecule has 0 N–H and O–H groups in total. The number of halogens is 3. The minimum atomic E-state index is -4.54. The summed E-state index contributed by atoms with van der Waals surface area (Å²) in [7, 11) is 0. The Balaban J connectivity index is 2.11. The fraction of sp³-hybridized carbons (Fsp3) is 0.0455. The Morgan fingerprint density at radius 3 is 1.89 bits per heavy atom. The number of fused-ring (bicyclic) bond motifs is 1. The van der Waals surface area contributed by atoms with Crippen molar-refractivity contribution in [3.8, 4) is 22.5 Å². The monoisotopic (exact) mass is 366 g/mol. The molecule has 4 aromatic rings. The molecular weight excluding hydrogens is 353 g/mol. The van der Waals surface area contributed by atoms with Gasteiger partial charge in [-0.2, -0.15) is 13.2 Å². The Bertz CT molecular complexity index is 1160. The van der Waals surface area contributed by atoms with E-state index in [0.717, 1.165) is 17.7 Å². The van der Waals surface area contributed by atoms with Gasteiger partial charge in [0, 0.05) is 16.5 Å². The fourth-order valence-corrected chi connectivity index (χ4v) is 3.11. The van der Waals surface area contributed by atoms with Crippen molar-refractivity contribution in [2.75, 3.05) is 0 Å². The minimum absolute atomic E-state index is 0.0941. The third-order valence-corrected chi connectivity index (χ3v) is 4.36. The van der Waals surface area contributed by atoms with E-state index >= 15 is 0 Å². The molecule has 0 bridgehead atoms. The molecule has 0 radical (unpaired) electrons. The van der Waals surface area contributed by atoms with E-state index in [1.54, 1.807) is 24.3 Å². The van der Waals surface area contributed by atoms with Gasteiger partial charge in [-0.1, -0.05) is 66.7 Å². The van der Waals surface area contributed by atoms with Crippen molar-refractivity contribution < 1.29 is 17.6 Å². The van der Waals surface area contributed by atoms with Crippen LogP contribution in [0.1, 0.15) is 5.56 Å². The van der Waals surface area contributed by atoms with E-state index in [4.69, 9.17) is 4.42 Å². The lowest BCUT2D eigenvalue weighted by Gasteiger charge is -2.14. The van der Waals surface area contributed by atoms with E-state index in [0.29, 0.717) is 22.3 Å². The topological polar surface area (TPSA) is 30.2 Å². The van der Waals surface area contributed by atoms with Gasteiger partial charge in [0.25, 0.3) is 0 Å². The molecule has 0 aliphatic carbocycles. The van der Waals surface area contributed by atoms with Gasteiger partial charge in [0.15, 0.2) is 0 Å². The van der Waals surface area contributed by atoms with Crippen LogP contribution >= 0.6 is 0 Å². The first kappa shape index (κ1) is 17.1. The summed E-state index contributed by atoms with van der Waals surface area (Å²) in [6.45, 7) is 0. The van der Waals surface area contributed by atoms with Gasteiger partial charge in [0.05, 0.1) is 10.9 Å². The number of benzene rings is 3. The summed E-state index contributed by atoms with van der Waals surface area (Å²) in [6, 6.07) is 21.4. The summed E-state index contributed by atoms with van der Waals surface area (Å²) in [4.78, 5) is 12.5. The summed E-state index contributed by atoms with van der Waals surface area (Å²) in [6.07, 6.45) is -4.54. The molecule has 27 heavy (non-hydrogen) atoms. The molecule has 0 atom stereocenters. The molecule has 0 spiro atoms. The Hall–Kier alpha value is -3.34. The van der Waals surface area contributed by atoms with Crippen molar-refractivity contribution in [1.29, 1.82) is 0 Å². The summed E-state index contributed by atoms with van der Waals surface area (Å²) in [5.74, 6) is 0.332. The summed E-state index contributed by atoms with van der Waals surface area (Å²) in [5, 5.41) is 0.327. The molecule has 0 unspecified atom stereocenters. The molecule has 0 saturated heterocycles. The lowest BCUT2D eigenvalue weighted by Crippen LogP contribution is -2.08. The molecule has 3 aromatic carbocycles. The highest BCUT2D eigenvalue weighted by atomic mass is 19.4. The van der Waals surface area contributed by atoms with Gasteiger partial charge in [-0.25, -0.2) is 4.79 Å². The van der Waals surface area contributed by atoms with Crippen molar-refractivity contribution >= 4 is 10.8 Å². The Labute approximate surface area is 152 Å². The van der Waals surface area contributed by atoms with Crippen LogP contribution in [-0.2, 0) is 6.18 Å². The molecule has 5 heteroatoms. The Morgan fingerprint density at radius 2 is 1.30 bits per heavy atom. The molecule has 2 nitrogen and oxygen atoms in total. The first-order chi connectivity index (χ1) is 12.9. The number of hydrogen-bond donors (Lipinski definition) is 0. The second-order valence-electron chi connectivity index (χ2n) is 6.08. The van der Waals surface area contributed by atoms with Crippen molar-refractivity contribution in [3.63, 3.8) is 0 Å². The van der Waals surface area contributed by atoms with E-state index in [2.05, 4.69) is 0 Å². The highest BCUT2D eigenvalue weighted by molar-refractivity contribution is 6.01. The normalized spacial score (nSPS) is 11.7. The van der Waals surface area contributed by atoms with Crippen molar-refractivity contribution in [1.82, 2.24) is 0 Å². The maximum Gasteiger partial charge on any atom is 0.416 e. The molecule has 134 valence electrons. The molecule has 1 heterocycles. The maximum absolute atomic E-state index is 13.1. The number of hydrogen-bond acceptors (Lipinski definition) is 2. The molecule has 0 fully saturated rings. The van der Waals surface area contributed by atoms with E-state index in [1.165, 1.54) is 6.07 Å². The van der Waals surface area contributed by atoms with Gasteiger partial charge < -0.3 is 4.42 Å². The van der Waals surface area contributed by atoms with Crippen LogP contribution in [0.5, 0.6) is 0 Å². The van der Waals surface area contributed by atoms with Gasteiger partial charge in [0.1, 0.15) is 5.76 Å². The third kappa shape index (κ3) is 3.12. The summed E-state index contributed by atoms with van der Waals surface area (Å²) < 4.78 is 44.8. The van der Waals surface area contributed by atoms with Crippen LogP contribution in [0.4, 0.5) is 13.2 Å². The smallest absolute Gasteiger partial charge is 0.416 e. The predicted molar refractivity (Wildman–Crippen MR) is 98.4 cm³/mol. The van der Waals surface area contributed by atoms with Crippen LogP contribution in [0, 0.1) is 0 Å². The van der Waals surface area contributed by atoms with Gasteiger partial charge in [0.2, 0.25) is 0 Å². The lowest BCUT2D eigenvalue weighted by atomic mass is 9.94. The Kier molecular flexibility index (Phi) is 4.07. The standard InChI is InChI=1S/C22H13F3O2/c23-22(24,25)16-11-12-17-18(13-16)21(26)27-20(15-9-5-2-6-10-15)19(17)14-7-3-1-4-8-14/h1-13H. The number of rotatable bonds is 2. The minimum Gasteiger partial charge on any atom is -0.422 e. The summed E-state index contributed by atoms with van der Waals surface area (Å²) >= 11 is 0. The van der Waals surface area contributed by atoms with Gasteiger partial charge in [-0.15, -0.1) is 0 Å². The fourth-order valence-electron chi connectivity index (χ4n) is 3.11. The van der Waals surface area contributed by atoms with Crippen molar-refractivity contribution in [3.05, 3.63) is 94.8 Å². The SMILES string of the molecule is O=c1oc(-c2ccccc2)c(-c2ccccc2)c2ccc(C(F)(F)F)cc12. The molecule has 1 aromatic heterocycles. The molecule has 0 saturated carbocycles. The highest BCUT2D eigenvalue weighted by Gasteiger charge is 2.31. The molecule has 4 rings (SSSR count). The molecule has 0 aliphatic rings. The van der Waals surface area contributed by atoms with Crippen LogP contribution < -0.4 is 5.63 Å². The lowest BCUT2D eigenvalue weighted by molar-refractivity contribution is -0.137. The maximum atomic E-state index is 13.1. The van der Waals surface area contributed by atoms with Crippen LogP contribution in [-0.4, -0.2) is 0 Å². The zero-order valence-corrected chi connectivity index (χ0v) is 14.0. The predicted octanol–water partition coefficient (Wildman–Crippen LogP) is 6.15. The third-order valence-electron chi connectivity index (χ3n) is 4.36. The zero-order valence-electron chi connectivity index (χ0n) is 14.0. The van der Waals surface area contributed by atoms with Crippen LogP contribution in [0.15, 0.2) is 88.1 Å². The van der Waals surface area contributed by atoms with Crippen LogP contribution in [0.25, 0.3) is 33.2 Å². The molecular formula is C22H13F3O2. The second kappa shape index (κ2) is 6.43. The Morgan fingerprint density at radius 1 is 0.704 bits per heavy atom. The first-order valence-corrected chi connectivity index (χ1v) is 8.24. The van der Waals surface area contributed by atoms with Gasteiger partial charge in [-0.05, 0) is 17.7 Å². The van der Waals surface area contributed by atoms with E-state index in [1.807, 2.05) is 36.4 Å². The van der Waals surface area contributed by atoms with E-state index in [-0.39, 0.29) is 5.39 Å². The number of alkyl halides is 3. The van der Waals surface area contributed by atoms with E-state index in [9.17, 15) is 18.0 Å². The zero-order chi connectivity index (χ0) is 19.0. The van der Waals surface area contributed by atoms with Crippen molar-refractivity contribution in [2.24, 2.45) is 0 Å². The van der Waals surface area contributed by atoms with Gasteiger partial charge in [-0.3, -0.25) is 0 Å². The van der Waals surface area contributed by atoms with Crippen LogP contribution in [0.2, 0.25) is 0 Å². The highest BCUT2D eigenvalue weighted by Crippen LogP contribution is 2.38. The average molecular weight is 366 g/mol. The molecule has 0 amide bonds. The van der Waals surface area contributed by atoms with Crippen LogP contribution in [0.3, 0.4) is 0 Å². The average Bonchev–Trinajstić information content (AvgIpc) is 2.68.